The lowest BCUT2D eigenvalue weighted by atomic mass is 9.99. The molecule has 2 atom stereocenters. The molecule has 0 aliphatic carbocycles. The second-order valence-electron chi connectivity index (χ2n) is 5.67. The van der Waals surface area contributed by atoms with Crippen molar-refractivity contribution >= 4 is 6.09 Å². The number of carbonyl (C=O) groups is 1. The van der Waals surface area contributed by atoms with Crippen LogP contribution in [0.1, 0.15) is 33.6 Å². The van der Waals surface area contributed by atoms with E-state index in [2.05, 4.69) is 0 Å². The van der Waals surface area contributed by atoms with E-state index in [4.69, 9.17) is 4.74 Å². The molecule has 0 saturated carbocycles. The van der Waals surface area contributed by atoms with Crippen LogP contribution in [0.4, 0.5) is 18.0 Å². The Kier molecular flexibility index (Phi) is 2.87. The first kappa shape index (κ1) is 13.2. The monoisotopic (exact) mass is 263 g/mol. The fourth-order valence-corrected chi connectivity index (χ4v) is 2.49. The van der Waals surface area contributed by atoms with Crippen LogP contribution in [0.25, 0.3) is 0 Å². The molecule has 2 aliphatic rings. The van der Waals surface area contributed by atoms with Gasteiger partial charge in [0.05, 0.1) is 17.7 Å². The summed E-state index contributed by atoms with van der Waals surface area (Å²) in [4.78, 5) is 13.1. The molecule has 0 spiro atoms. The highest BCUT2D eigenvalue weighted by atomic mass is 19.4. The van der Waals surface area contributed by atoms with Gasteiger partial charge in [0.2, 0.25) is 0 Å². The van der Waals surface area contributed by atoms with Crippen molar-refractivity contribution in [2.45, 2.75) is 57.5 Å². The van der Waals surface area contributed by atoms with E-state index in [1.807, 2.05) is 0 Å². The smallest absolute Gasteiger partial charge is 0.414 e. The van der Waals surface area contributed by atoms with Crippen LogP contribution in [0.3, 0.4) is 0 Å². The Morgan fingerprint density at radius 1 is 1.33 bits per heavy atom. The van der Waals surface area contributed by atoms with Crippen LogP contribution in [0, 0.1) is 0 Å². The Morgan fingerprint density at radius 3 is 2.39 bits per heavy atom. The fraction of sp³-hybridized carbons (Fsp3) is 0.750. The van der Waals surface area contributed by atoms with Crippen LogP contribution in [-0.4, -0.2) is 34.9 Å². The van der Waals surface area contributed by atoms with E-state index in [0.717, 1.165) is 6.08 Å². The molecule has 0 aromatic rings. The minimum Gasteiger partial charge on any atom is -0.444 e. The molecule has 3 nitrogen and oxygen atoms in total. The third-order valence-corrected chi connectivity index (χ3v) is 3.09. The van der Waals surface area contributed by atoms with Crippen molar-refractivity contribution in [1.29, 1.82) is 0 Å². The number of amides is 1. The Hall–Kier alpha value is -1.20. The molecule has 1 fully saturated rings. The summed E-state index contributed by atoms with van der Waals surface area (Å²) < 4.78 is 43.4. The van der Waals surface area contributed by atoms with Crippen molar-refractivity contribution in [1.82, 2.24) is 4.90 Å². The number of nitrogens with zero attached hydrogens (tertiary/aromatic N) is 1. The highest BCUT2D eigenvalue weighted by molar-refractivity contribution is 5.71. The Morgan fingerprint density at radius 2 is 1.94 bits per heavy atom. The number of halogens is 3. The minimum atomic E-state index is -4.36. The van der Waals surface area contributed by atoms with Crippen LogP contribution in [0.15, 0.2) is 11.6 Å². The largest absolute Gasteiger partial charge is 0.444 e. The summed E-state index contributed by atoms with van der Waals surface area (Å²) in [5.41, 5.74) is -1.30. The van der Waals surface area contributed by atoms with Crippen molar-refractivity contribution in [3.05, 3.63) is 11.6 Å². The Balaban J connectivity index is 2.14. The summed E-state index contributed by atoms with van der Waals surface area (Å²) in [7, 11) is 0. The van der Waals surface area contributed by atoms with Gasteiger partial charge in [-0.15, -0.1) is 0 Å². The van der Waals surface area contributed by atoms with Gasteiger partial charge in [-0.1, -0.05) is 6.08 Å². The molecule has 0 aromatic carbocycles. The topological polar surface area (TPSA) is 29.5 Å². The van der Waals surface area contributed by atoms with Crippen molar-refractivity contribution in [2.75, 3.05) is 0 Å². The summed E-state index contributed by atoms with van der Waals surface area (Å²) in [5.74, 6) is 0. The van der Waals surface area contributed by atoms with Gasteiger partial charge in [-0.2, -0.15) is 13.2 Å². The second kappa shape index (κ2) is 3.90. The quantitative estimate of drug-likeness (QED) is 0.628. The number of hydrogen-bond acceptors (Lipinski definition) is 2. The normalized spacial score (nSPS) is 27.4. The molecule has 2 heterocycles. The van der Waals surface area contributed by atoms with Crippen LogP contribution in [0.2, 0.25) is 0 Å². The van der Waals surface area contributed by atoms with Crippen molar-refractivity contribution in [2.24, 2.45) is 0 Å². The van der Waals surface area contributed by atoms with E-state index in [1.165, 1.54) is 4.90 Å². The molecule has 0 N–H and O–H groups in total. The second-order valence-corrected chi connectivity index (χ2v) is 5.67. The lowest BCUT2D eigenvalue weighted by Gasteiger charge is -2.28. The zero-order valence-corrected chi connectivity index (χ0v) is 10.5. The number of rotatable bonds is 0. The SMILES string of the molecule is CC(C)(C)OC(=O)N1[C@H]2C=C(C(F)(F)F)[C@@H]1CC2. The maximum absolute atomic E-state index is 12.7. The molecule has 0 unspecified atom stereocenters. The molecule has 0 radical (unpaired) electrons. The minimum absolute atomic E-state index is 0.356. The molecule has 2 bridgehead atoms. The molecule has 1 saturated heterocycles. The molecular weight excluding hydrogens is 247 g/mol. The van der Waals surface area contributed by atoms with Gasteiger partial charge in [0, 0.05) is 0 Å². The summed E-state index contributed by atoms with van der Waals surface area (Å²) in [6.07, 6.45) is -2.94. The fourth-order valence-electron chi connectivity index (χ4n) is 2.49. The summed E-state index contributed by atoms with van der Waals surface area (Å²) in [5, 5.41) is 0. The van der Waals surface area contributed by atoms with Gasteiger partial charge in [-0.25, -0.2) is 4.79 Å². The third-order valence-electron chi connectivity index (χ3n) is 3.09. The first-order valence-corrected chi connectivity index (χ1v) is 5.90. The zero-order valence-electron chi connectivity index (χ0n) is 10.5. The molecule has 0 aromatic heterocycles. The van der Waals surface area contributed by atoms with Crippen LogP contribution >= 0.6 is 0 Å². The van der Waals surface area contributed by atoms with Gasteiger partial charge in [0.25, 0.3) is 0 Å². The number of alkyl halides is 3. The number of fused-ring (bicyclic) bond motifs is 2. The molecule has 2 aliphatic heterocycles. The van der Waals surface area contributed by atoms with E-state index in [-0.39, 0.29) is 0 Å². The van der Waals surface area contributed by atoms with Gasteiger partial charge >= 0.3 is 12.3 Å². The Labute approximate surface area is 104 Å². The standard InChI is InChI=1S/C12H16F3NO2/c1-11(2,3)18-10(17)16-7-4-5-9(16)8(6-7)12(13,14)15/h6-7,9H,4-5H2,1-3H3/t7-,9+/m1/s1. The van der Waals surface area contributed by atoms with Crippen molar-refractivity contribution in [3.63, 3.8) is 0 Å². The average Bonchev–Trinajstić information content (AvgIpc) is 2.69. The Bertz CT molecular complexity index is 395. The number of carbonyl (C=O) groups excluding carboxylic acids is 1. The predicted octanol–water partition coefficient (Wildman–Crippen LogP) is 3.26. The van der Waals surface area contributed by atoms with E-state index < -0.39 is 35.5 Å². The molecule has 1 amide bonds. The van der Waals surface area contributed by atoms with Gasteiger partial charge in [-0.3, -0.25) is 4.90 Å². The molecular formula is C12H16F3NO2. The van der Waals surface area contributed by atoms with Crippen LogP contribution < -0.4 is 0 Å². The summed E-state index contributed by atoms with van der Waals surface area (Å²) in [6.45, 7) is 5.09. The van der Waals surface area contributed by atoms with E-state index in [0.29, 0.717) is 12.8 Å². The predicted molar refractivity (Wildman–Crippen MR) is 59.0 cm³/mol. The zero-order chi connectivity index (χ0) is 13.7. The first-order chi connectivity index (χ1) is 8.09. The van der Waals surface area contributed by atoms with Crippen molar-refractivity contribution < 1.29 is 22.7 Å². The maximum atomic E-state index is 12.7. The lowest BCUT2D eigenvalue weighted by Crippen LogP contribution is -2.41. The molecule has 2 rings (SSSR count). The van der Waals surface area contributed by atoms with E-state index in [1.54, 1.807) is 20.8 Å². The average molecular weight is 263 g/mol. The van der Waals surface area contributed by atoms with Gasteiger partial charge in [-0.05, 0) is 33.6 Å². The van der Waals surface area contributed by atoms with E-state index >= 15 is 0 Å². The molecule has 6 heteroatoms. The summed E-state index contributed by atoms with van der Waals surface area (Å²) >= 11 is 0. The number of hydrogen-bond donors (Lipinski definition) is 0. The van der Waals surface area contributed by atoms with Crippen molar-refractivity contribution in [3.8, 4) is 0 Å². The highest BCUT2D eigenvalue weighted by Crippen LogP contribution is 2.44. The number of ether oxygens (including phenoxy) is 1. The van der Waals surface area contributed by atoms with Gasteiger partial charge in [0.1, 0.15) is 5.60 Å². The van der Waals surface area contributed by atoms with Crippen LogP contribution in [-0.2, 0) is 4.74 Å². The molecule has 18 heavy (non-hydrogen) atoms. The first-order valence-electron chi connectivity index (χ1n) is 5.90. The van der Waals surface area contributed by atoms with Gasteiger partial charge < -0.3 is 4.74 Å². The highest BCUT2D eigenvalue weighted by Gasteiger charge is 2.52. The lowest BCUT2D eigenvalue weighted by molar-refractivity contribution is -0.0977. The van der Waals surface area contributed by atoms with Crippen LogP contribution in [0.5, 0.6) is 0 Å². The van der Waals surface area contributed by atoms with Gasteiger partial charge in [0.15, 0.2) is 0 Å². The summed E-state index contributed by atoms with van der Waals surface area (Å²) in [6, 6.07) is -1.34. The molecule has 102 valence electrons. The maximum Gasteiger partial charge on any atom is 0.414 e. The van der Waals surface area contributed by atoms with E-state index in [9.17, 15) is 18.0 Å². The third kappa shape index (κ3) is 2.33.